The minimum atomic E-state index is -2.08. The molecule has 3 aromatic rings. The van der Waals surface area contributed by atoms with Crippen molar-refractivity contribution in [2.75, 3.05) is 11.3 Å². The lowest BCUT2D eigenvalue weighted by Gasteiger charge is -2.24. The summed E-state index contributed by atoms with van der Waals surface area (Å²) in [5.41, 5.74) is 4.39. The Morgan fingerprint density at radius 2 is 1.38 bits per heavy atom. The molecule has 39 heavy (non-hydrogen) atoms. The van der Waals surface area contributed by atoms with E-state index in [4.69, 9.17) is 4.55 Å². The predicted molar refractivity (Wildman–Crippen MR) is 151 cm³/mol. The fraction of sp³-hybridized carbons (Fsp3) is 0.452. The van der Waals surface area contributed by atoms with Crippen molar-refractivity contribution in [2.24, 2.45) is 0 Å². The molecule has 1 aromatic carbocycles. The third-order valence-corrected chi connectivity index (χ3v) is 8.68. The van der Waals surface area contributed by atoms with E-state index in [1.165, 1.54) is 56.5 Å². The smallest absolute Gasteiger partial charge is 0.299 e. The molecule has 0 spiro atoms. The molecule has 2 aliphatic heterocycles. The molecule has 0 bridgehead atoms. The van der Waals surface area contributed by atoms with Crippen molar-refractivity contribution in [1.29, 1.82) is 0 Å². The van der Waals surface area contributed by atoms with Crippen LogP contribution in [-0.4, -0.2) is 25.6 Å². The maximum Gasteiger partial charge on any atom is 0.484 e. The minimum Gasteiger partial charge on any atom is -0.299 e. The monoisotopic (exact) mass is 549 g/mol. The first-order valence-corrected chi connectivity index (χ1v) is 15.5. The molecule has 5 rings (SSSR count). The van der Waals surface area contributed by atoms with Gasteiger partial charge >= 0.3 is 6.29 Å². The Labute approximate surface area is 234 Å². The number of nitrogens with zero attached hydrogens (tertiary/aromatic N) is 3. The zero-order valence-electron chi connectivity index (χ0n) is 22.7. The molecule has 4 heterocycles. The zero-order valence-corrected chi connectivity index (χ0v) is 23.5. The van der Waals surface area contributed by atoms with E-state index in [2.05, 4.69) is 62.6 Å². The third-order valence-electron chi connectivity index (χ3n) is 8.27. The van der Waals surface area contributed by atoms with Gasteiger partial charge in [0, 0.05) is 42.8 Å². The van der Waals surface area contributed by atoms with Gasteiger partial charge in [-0.3, -0.25) is 14.1 Å². The van der Waals surface area contributed by atoms with Crippen LogP contribution in [0.1, 0.15) is 81.0 Å². The van der Waals surface area contributed by atoms with Crippen LogP contribution in [-0.2, 0) is 35.6 Å². The second kappa shape index (κ2) is 12.9. The highest BCUT2D eigenvalue weighted by atomic mass is 32.2. The van der Waals surface area contributed by atoms with Crippen LogP contribution in [0, 0.1) is 0 Å². The number of unbranched alkanes of at least 4 members (excludes halogenated alkanes) is 7. The van der Waals surface area contributed by atoms with Crippen LogP contribution in [0.5, 0.6) is 0 Å². The molecule has 0 radical (unpaired) electrons. The maximum absolute atomic E-state index is 12.3. The van der Waals surface area contributed by atoms with E-state index < -0.39 is 11.3 Å². The summed E-state index contributed by atoms with van der Waals surface area (Å²) in [7, 11) is 0. The minimum absolute atomic E-state index is 0.261. The molecule has 0 aliphatic carbocycles. The topological polar surface area (TPSA) is 74.2 Å². The van der Waals surface area contributed by atoms with Crippen molar-refractivity contribution in [2.45, 2.75) is 83.6 Å². The van der Waals surface area contributed by atoms with Gasteiger partial charge in [-0.2, -0.15) is 4.48 Å². The van der Waals surface area contributed by atoms with Crippen molar-refractivity contribution >= 4 is 22.7 Å². The molecular formula is C31H41N4O3S+3. The predicted octanol–water partition coefficient (Wildman–Crippen LogP) is 4.98. The van der Waals surface area contributed by atoms with Gasteiger partial charge in [0.15, 0.2) is 25.5 Å². The number of hydrogen-bond acceptors (Lipinski definition) is 2. The van der Waals surface area contributed by atoms with E-state index in [9.17, 15) is 9.00 Å². The van der Waals surface area contributed by atoms with Gasteiger partial charge in [0.05, 0.1) is 6.54 Å². The SMILES string of the molecule is O=C(CCCCCCCCCC[N+]12Cc3cccc[n+]3C1[n+]1ccccc1C2)Cc1ccc(NS(=O)O)cc1. The lowest BCUT2D eigenvalue weighted by molar-refractivity contribution is -1.16. The number of carbonyl (C=O) groups excluding carboxylic acids is 1. The second-order valence-electron chi connectivity index (χ2n) is 11.1. The Balaban J connectivity index is 0.953. The molecule has 8 heteroatoms. The Morgan fingerprint density at radius 3 is 1.97 bits per heavy atom. The number of Topliss-reactive ketones (excluding diaryl/α,β-unsaturated/α-hetero) is 1. The summed E-state index contributed by atoms with van der Waals surface area (Å²) < 4.78 is 28.2. The number of fused-ring (bicyclic) bond motifs is 5. The van der Waals surface area contributed by atoms with Gasteiger partial charge in [-0.25, -0.2) is 4.21 Å². The number of carbonyl (C=O) groups is 1. The van der Waals surface area contributed by atoms with Crippen molar-refractivity contribution in [3.8, 4) is 0 Å². The molecule has 0 saturated heterocycles. The van der Waals surface area contributed by atoms with Gasteiger partial charge < -0.3 is 0 Å². The van der Waals surface area contributed by atoms with Crippen LogP contribution in [0.2, 0.25) is 0 Å². The molecule has 2 aliphatic rings. The fourth-order valence-electron chi connectivity index (χ4n) is 6.42. The number of hydrogen-bond donors (Lipinski definition) is 2. The van der Waals surface area contributed by atoms with Crippen LogP contribution >= 0.6 is 0 Å². The number of anilines is 1. The number of quaternary nitrogens is 1. The molecule has 7 nitrogen and oxygen atoms in total. The van der Waals surface area contributed by atoms with E-state index in [1.54, 1.807) is 12.1 Å². The average molecular weight is 550 g/mol. The fourth-order valence-corrected chi connectivity index (χ4v) is 6.76. The molecule has 2 aromatic heterocycles. The molecule has 0 amide bonds. The van der Waals surface area contributed by atoms with Crippen LogP contribution in [0.15, 0.2) is 73.1 Å². The largest absolute Gasteiger partial charge is 0.484 e. The van der Waals surface area contributed by atoms with Gasteiger partial charge in [-0.1, -0.05) is 53.4 Å². The van der Waals surface area contributed by atoms with Crippen LogP contribution < -0.4 is 13.9 Å². The van der Waals surface area contributed by atoms with Crippen molar-refractivity contribution in [1.82, 2.24) is 0 Å². The first kappa shape index (κ1) is 27.6. The molecular weight excluding hydrogens is 508 g/mol. The summed E-state index contributed by atoms with van der Waals surface area (Å²) >= 11 is -2.08. The Bertz CT molecular complexity index is 1250. The van der Waals surface area contributed by atoms with E-state index in [0.29, 0.717) is 24.8 Å². The molecule has 2 N–H and O–H groups in total. The number of aromatic nitrogens is 2. The lowest BCUT2D eigenvalue weighted by Crippen LogP contribution is -2.62. The summed E-state index contributed by atoms with van der Waals surface area (Å²) in [6.07, 6.45) is 15.6. The zero-order chi connectivity index (χ0) is 27.1. The van der Waals surface area contributed by atoms with E-state index in [-0.39, 0.29) is 5.78 Å². The molecule has 1 unspecified atom stereocenters. The third kappa shape index (κ3) is 6.80. The van der Waals surface area contributed by atoms with Crippen molar-refractivity contribution in [3.05, 3.63) is 90.0 Å². The summed E-state index contributed by atoms with van der Waals surface area (Å²) in [6.45, 7) is 3.44. The van der Waals surface area contributed by atoms with Gasteiger partial charge in [-0.05, 0) is 49.1 Å². The molecule has 1 atom stereocenters. The Kier molecular flexibility index (Phi) is 9.17. The lowest BCUT2D eigenvalue weighted by atomic mass is 10.0. The highest BCUT2D eigenvalue weighted by Crippen LogP contribution is 2.34. The number of pyridine rings is 2. The van der Waals surface area contributed by atoms with Crippen molar-refractivity contribution < 1.29 is 27.2 Å². The highest BCUT2D eigenvalue weighted by molar-refractivity contribution is 7.80. The average Bonchev–Trinajstić information content (AvgIpc) is 3.41. The van der Waals surface area contributed by atoms with Gasteiger partial charge in [-0.15, -0.1) is 0 Å². The van der Waals surface area contributed by atoms with Crippen LogP contribution in [0.4, 0.5) is 5.69 Å². The van der Waals surface area contributed by atoms with E-state index in [1.807, 2.05) is 12.1 Å². The normalized spacial score (nSPS) is 19.8. The Hall–Kier alpha value is -2.94. The first-order chi connectivity index (χ1) is 19.0. The first-order valence-electron chi connectivity index (χ1n) is 14.4. The molecule has 0 saturated carbocycles. The van der Waals surface area contributed by atoms with Crippen LogP contribution in [0.25, 0.3) is 0 Å². The van der Waals surface area contributed by atoms with Gasteiger partial charge in [0.2, 0.25) is 11.4 Å². The second-order valence-corrected chi connectivity index (χ2v) is 11.8. The maximum atomic E-state index is 12.3. The molecule has 0 fully saturated rings. The van der Waals surface area contributed by atoms with Crippen LogP contribution in [0.3, 0.4) is 0 Å². The summed E-state index contributed by atoms with van der Waals surface area (Å²) in [5.74, 6) is 0.261. The Morgan fingerprint density at radius 1 is 0.821 bits per heavy atom. The van der Waals surface area contributed by atoms with Crippen molar-refractivity contribution in [3.63, 3.8) is 0 Å². The highest BCUT2D eigenvalue weighted by Gasteiger charge is 2.63. The molecule has 206 valence electrons. The quantitative estimate of drug-likeness (QED) is 0.122. The summed E-state index contributed by atoms with van der Waals surface area (Å²) in [5, 5.41) is 0. The number of nitrogens with one attached hydrogen (secondary N) is 1. The van der Waals surface area contributed by atoms with E-state index in [0.717, 1.165) is 36.0 Å². The number of rotatable bonds is 15. The summed E-state index contributed by atoms with van der Waals surface area (Å²) in [4.78, 5) is 12.3. The standard InChI is InChI=1S/C31H40N4O3S/c36-30(23-26-16-18-27(19-17-26)32-39(37)38)15-7-5-3-1-2-4-6-12-22-35-24-28-13-8-10-20-33(28)31(35)34-21-11-9-14-29(34)25-35/h8-11,13-14,16-21,31-32H,1-7,12,15,22-25H2/q+2/p+1. The van der Waals surface area contributed by atoms with Gasteiger partial charge in [0.25, 0.3) is 11.3 Å². The van der Waals surface area contributed by atoms with Gasteiger partial charge in [0.1, 0.15) is 5.78 Å². The number of ketones is 1. The number of benzene rings is 1. The van der Waals surface area contributed by atoms with E-state index >= 15 is 0 Å². The summed E-state index contributed by atoms with van der Waals surface area (Å²) in [6, 6.07) is 20.3.